The first-order valence-corrected chi connectivity index (χ1v) is 4.84. The van der Waals surface area contributed by atoms with E-state index in [1.165, 1.54) is 6.26 Å². The average molecular weight is 214 g/mol. The molecule has 0 aliphatic rings. The maximum absolute atomic E-state index is 10.7. The molecule has 0 radical (unpaired) electrons. The largest absolute Gasteiger partial charge is 0.502 e. The summed E-state index contributed by atoms with van der Waals surface area (Å²) in [7, 11) is 0. The molecule has 0 aromatic heterocycles. The first-order valence-electron chi connectivity index (χ1n) is 4.84. The van der Waals surface area contributed by atoms with Gasteiger partial charge in [0.25, 0.3) is 0 Å². The SMILES string of the molecule is C=COCCCOC(C)COC(=O)C=C. The number of ether oxygens (including phenoxy) is 3. The topological polar surface area (TPSA) is 44.8 Å². The molecule has 0 aliphatic heterocycles. The zero-order valence-electron chi connectivity index (χ0n) is 9.11. The van der Waals surface area contributed by atoms with Gasteiger partial charge in [-0.25, -0.2) is 4.79 Å². The molecule has 0 aromatic carbocycles. The molecule has 4 nitrogen and oxygen atoms in total. The number of hydrogen-bond acceptors (Lipinski definition) is 4. The molecule has 0 saturated heterocycles. The normalized spacial score (nSPS) is 11.5. The monoisotopic (exact) mass is 214 g/mol. The van der Waals surface area contributed by atoms with Gasteiger partial charge in [-0.1, -0.05) is 13.2 Å². The molecule has 0 bridgehead atoms. The molecule has 1 unspecified atom stereocenters. The van der Waals surface area contributed by atoms with Gasteiger partial charge < -0.3 is 14.2 Å². The second-order valence-electron chi connectivity index (χ2n) is 2.91. The fourth-order valence-corrected chi connectivity index (χ4v) is 0.817. The molecule has 0 saturated carbocycles. The number of carbonyl (C=O) groups is 1. The van der Waals surface area contributed by atoms with Gasteiger partial charge in [0.15, 0.2) is 0 Å². The molecule has 0 aromatic rings. The quantitative estimate of drug-likeness (QED) is 0.253. The Morgan fingerprint density at radius 1 is 1.40 bits per heavy atom. The molecular formula is C11H18O4. The Morgan fingerprint density at radius 3 is 2.73 bits per heavy atom. The van der Waals surface area contributed by atoms with Crippen LogP contribution >= 0.6 is 0 Å². The van der Waals surface area contributed by atoms with Crippen LogP contribution in [0.15, 0.2) is 25.5 Å². The molecule has 0 fully saturated rings. The summed E-state index contributed by atoms with van der Waals surface area (Å²) in [5.41, 5.74) is 0. The van der Waals surface area contributed by atoms with Gasteiger partial charge in [0.05, 0.1) is 25.6 Å². The number of carbonyl (C=O) groups excluding carboxylic acids is 1. The van der Waals surface area contributed by atoms with Gasteiger partial charge in [-0.2, -0.15) is 0 Å². The van der Waals surface area contributed by atoms with Crippen LogP contribution in [0.2, 0.25) is 0 Å². The van der Waals surface area contributed by atoms with Crippen LogP contribution in [-0.4, -0.2) is 31.9 Å². The Bertz CT molecular complexity index is 201. The number of esters is 1. The van der Waals surface area contributed by atoms with Crippen molar-refractivity contribution in [1.82, 2.24) is 0 Å². The van der Waals surface area contributed by atoms with E-state index >= 15 is 0 Å². The van der Waals surface area contributed by atoms with Crippen LogP contribution in [0.3, 0.4) is 0 Å². The van der Waals surface area contributed by atoms with Crippen LogP contribution in [0.1, 0.15) is 13.3 Å². The summed E-state index contributed by atoms with van der Waals surface area (Å²) in [4.78, 5) is 10.7. The molecule has 0 heterocycles. The van der Waals surface area contributed by atoms with Gasteiger partial charge in [-0.15, -0.1) is 0 Å². The lowest BCUT2D eigenvalue weighted by atomic mass is 10.4. The minimum Gasteiger partial charge on any atom is -0.502 e. The maximum atomic E-state index is 10.7. The molecule has 0 amide bonds. The first kappa shape index (κ1) is 13.7. The van der Waals surface area contributed by atoms with Gasteiger partial charge in [-0.05, 0) is 6.92 Å². The van der Waals surface area contributed by atoms with E-state index in [-0.39, 0.29) is 12.7 Å². The second-order valence-corrected chi connectivity index (χ2v) is 2.91. The first-order chi connectivity index (χ1) is 7.20. The predicted molar refractivity (Wildman–Crippen MR) is 57.3 cm³/mol. The Hall–Kier alpha value is -1.29. The van der Waals surface area contributed by atoms with Crippen molar-refractivity contribution in [1.29, 1.82) is 0 Å². The molecule has 15 heavy (non-hydrogen) atoms. The minimum atomic E-state index is -0.430. The van der Waals surface area contributed by atoms with Crippen LogP contribution in [0.5, 0.6) is 0 Å². The zero-order chi connectivity index (χ0) is 11.5. The maximum Gasteiger partial charge on any atom is 0.330 e. The van der Waals surface area contributed by atoms with Crippen LogP contribution < -0.4 is 0 Å². The third-order valence-corrected chi connectivity index (χ3v) is 1.55. The van der Waals surface area contributed by atoms with Gasteiger partial charge in [0.1, 0.15) is 6.61 Å². The highest BCUT2D eigenvalue weighted by Gasteiger charge is 2.04. The second kappa shape index (κ2) is 9.27. The summed E-state index contributed by atoms with van der Waals surface area (Å²) in [5.74, 6) is -0.430. The predicted octanol–water partition coefficient (Wildman–Crippen LogP) is 1.67. The van der Waals surface area contributed by atoms with Crippen molar-refractivity contribution in [3.8, 4) is 0 Å². The molecular weight excluding hydrogens is 196 g/mol. The molecule has 0 spiro atoms. The highest BCUT2D eigenvalue weighted by atomic mass is 16.6. The Balaban J connectivity index is 3.32. The molecule has 0 N–H and O–H groups in total. The summed E-state index contributed by atoms with van der Waals surface area (Å²) >= 11 is 0. The highest BCUT2D eigenvalue weighted by molar-refractivity contribution is 5.81. The summed E-state index contributed by atoms with van der Waals surface area (Å²) in [6, 6.07) is 0. The summed E-state index contributed by atoms with van der Waals surface area (Å²) in [6.07, 6.45) is 3.20. The Morgan fingerprint density at radius 2 is 2.13 bits per heavy atom. The van der Waals surface area contributed by atoms with Gasteiger partial charge in [-0.3, -0.25) is 0 Å². The lowest BCUT2D eigenvalue weighted by molar-refractivity contribution is -0.141. The van der Waals surface area contributed by atoms with Crippen molar-refractivity contribution in [3.05, 3.63) is 25.5 Å². The molecule has 0 aliphatic carbocycles. The molecule has 1 atom stereocenters. The summed E-state index contributed by atoms with van der Waals surface area (Å²) in [5, 5.41) is 0. The molecule has 0 rings (SSSR count). The van der Waals surface area contributed by atoms with E-state index in [1.54, 1.807) is 0 Å². The van der Waals surface area contributed by atoms with E-state index in [4.69, 9.17) is 14.2 Å². The van der Waals surface area contributed by atoms with Crippen molar-refractivity contribution >= 4 is 5.97 Å². The third-order valence-electron chi connectivity index (χ3n) is 1.55. The van der Waals surface area contributed by atoms with Crippen LogP contribution in [-0.2, 0) is 19.0 Å². The van der Waals surface area contributed by atoms with Crippen LogP contribution in [0.25, 0.3) is 0 Å². The van der Waals surface area contributed by atoms with Crippen molar-refractivity contribution < 1.29 is 19.0 Å². The van der Waals surface area contributed by atoms with E-state index in [9.17, 15) is 4.79 Å². The number of rotatable bonds is 9. The van der Waals surface area contributed by atoms with E-state index in [0.717, 1.165) is 12.5 Å². The van der Waals surface area contributed by atoms with Gasteiger partial charge in [0, 0.05) is 12.5 Å². The summed E-state index contributed by atoms with van der Waals surface area (Å²) in [6.45, 7) is 9.95. The molecule has 4 heteroatoms. The van der Waals surface area contributed by atoms with E-state index in [0.29, 0.717) is 13.2 Å². The van der Waals surface area contributed by atoms with E-state index in [1.807, 2.05) is 6.92 Å². The fraction of sp³-hybridized carbons (Fsp3) is 0.545. The van der Waals surface area contributed by atoms with Crippen molar-refractivity contribution in [3.63, 3.8) is 0 Å². The summed E-state index contributed by atoms with van der Waals surface area (Å²) < 4.78 is 15.1. The van der Waals surface area contributed by atoms with Crippen molar-refractivity contribution in [2.45, 2.75) is 19.4 Å². The lowest BCUT2D eigenvalue weighted by Gasteiger charge is -2.12. The zero-order valence-corrected chi connectivity index (χ0v) is 9.11. The standard InChI is InChI=1S/C11H18O4/c1-4-11(12)15-9-10(3)14-8-6-7-13-5-2/h4-5,10H,1-2,6-9H2,3H3. The minimum absolute atomic E-state index is 0.113. The Kier molecular flexibility index (Phi) is 8.47. The highest BCUT2D eigenvalue weighted by Crippen LogP contribution is 1.95. The molecule has 86 valence electrons. The van der Waals surface area contributed by atoms with Gasteiger partial charge in [0.2, 0.25) is 0 Å². The smallest absolute Gasteiger partial charge is 0.330 e. The lowest BCUT2D eigenvalue weighted by Crippen LogP contribution is -2.19. The van der Waals surface area contributed by atoms with E-state index in [2.05, 4.69) is 13.2 Å². The van der Waals surface area contributed by atoms with E-state index < -0.39 is 5.97 Å². The van der Waals surface area contributed by atoms with Crippen molar-refractivity contribution in [2.24, 2.45) is 0 Å². The third kappa shape index (κ3) is 9.02. The fourth-order valence-electron chi connectivity index (χ4n) is 0.817. The van der Waals surface area contributed by atoms with Crippen LogP contribution in [0, 0.1) is 0 Å². The Labute approximate surface area is 90.5 Å². The van der Waals surface area contributed by atoms with Gasteiger partial charge >= 0.3 is 5.97 Å². The van der Waals surface area contributed by atoms with Crippen molar-refractivity contribution in [2.75, 3.05) is 19.8 Å². The number of hydrogen-bond donors (Lipinski definition) is 0. The average Bonchev–Trinajstić information content (AvgIpc) is 2.25. The van der Waals surface area contributed by atoms with Crippen LogP contribution in [0.4, 0.5) is 0 Å².